The van der Waals surface area contributed by atoms with Crippen molar-refractivity contribution in [3.8, 4) is 0 Å². The van der Waals surface area contributed by atoms with Crippen LogP contribution in [0.1, 0.15) is 16.8 Å². The van der Waals surface area contributed by atoms with E-state index in [2.05, 4.69) is 4.98 Å². The molecule has 0 saturated heterocycles. The third-order valence-electron chi connectivity index (χ3n) is 3.67. The summed E-state index contributed by atoms with van der Waals surface area (Å²) in [5.74, 6) is -2.47. The van der Waals surface area contributed by atoms with Crippen molar-refractivity contribution in [1.82, 2.24) is 4.98 Å². The lowest BCUT2D eigenvalue weighted by Gasteiger charge is -2.06. The molecule has 3 rings (SSSR count). The van der Waals surface area contributed by atoms with Crippen LogP contribution >= 0.6 is 0 Å². The minimum absolute atomic E-state index is 0.0684. The Morgan fingerprint density at radius 1 is 1.00 bits per heavy atom. The molecule has 0 unspecified atom stereocenters. The molecule has 0 aliphatic rings. The van der Waals surface area contributed by atoms with Gasteiger partial charge < -0.3 is 5.11 Å². The predicted molar refractivity (Wildman–Crippen MR) is 93.4 cm³/mol. The van der Waals surface area contributed by atoms with Crippen molar-refractivity contribution in [2.24, 2.45) is 0 Å². The number of hydrogen-bond donors (Lipinski definition) is 1. The molecule has 0 atom stereocenters. The van der Waals surface area contributed by atoms with E-state index in [1.807, 2.05) is 61.5 Å². The van der Waals surface area contributed by atoms with E-state index >= 15 is 0 Å². The summed E-state index contributed by atoms with van der Waals surface area (Å²) in [5.41, 5.74) is 2.91. The molecule has 0 radical (unpaired) electrons. The molecule has 1 heterocycles. The van der Waals surface area contributed by atoms with E-state index in [0.29, 0.717) is 11.2 Å². The number of carboxylic acid groups (broad SMARTS) is 1. The van der Waals surface area contributed by atoms with Gasteiger partial charge in [-0.2, -0.15) is 0 Å². The van der Waals surface area contributed by atoms with E-state index in [1.54, 1.807) is 12.1 Å². The molecule has 3 aromatic rings. The SMILES string of the molecule is Cc1cccc(/C=C(/C(=O)C(=O)O)c2ccc3ccccc3n2)c1. The van der Waals surface area contributed by atoms with Gasteiger partial charge in [0.05, 0.1) is 16.8 Å². The van der Waals surface area contributed by atoms with Gasteiger partial charge in [-0.15, -0.1) is 0 Å². The van der Waals surface area contributed by atoms with Crippen LogP contribution in [0.25, 0.3) is 22.6 Å². The molecule has 0 spiro atoms. The lowest BCUT2D eigenvalue weighted by atomic mass is 10.0. The first-order valence-corrected chi connectivity index (χ1v) is 7.47. The van der Waals surface area contributed by atoms with E-state index in [1.165, 1.54) is 0 Å². The lowest BCUT2D eigenvalue weighted by Crippen LogP contribution is -2.15. The number of ketones is 1. The zero-order valence-corrected chi connectivity index (χ0v) is 13.1. The first kappa shape index (κ1) is 15.6. The third-order valence-corrected chi connectivity index (χ3v) is 3.67. The van der Waals surface area contributed by atoms with Gasteiger partial charge in [-0.25, -0.2) is 9.78 Å². The van der Waals surface area contributed by atoms with Crippen LogP contribution in [0.4, 0.5) is 0 Å². The minimum Gasteiger partial charge on any atom is -0.475 e. The van der Waals surface area contributed by atoms with Crippen LogP contribution in [0.15, 0.2) is 60.7 Å². The van der Waals surface area contributed by atoms with Crippen LogP contribution in [-0.4, -0.2) is 21.8 Å². The lowest BCUT2D eigenvalue weighted by molar-refractivity contribution is -0.146. The number of aryl methyl sites for hydroxylation is 1. The molecule has 24 heavy (non-hydrogen) atoms. The Morgan fingerprint density at radius 3 is 2.54 bits per heavy atom. The molecular formula is C20H15NO3. The van der Waals surface area contributed by atoms with E-state index in [-0.39, 0.29) is 5.57 Å². The summed E-state index contributed by atoms with van der Waals surface area (Å²) in [6.07, 6.45) is 1.57. The Bertz CT molecular complexity index is 973. The number of para-hydroxylation sites is 1. The number of carboxylic acids is 1. The molecule has 0 bridgehead atoms. The van der Waals surface area contributed by atoms with E-state index in [4.69, 9.17) is 5.11 Å². The number of pyridine rings is 1. The summed E-state index contributed by atoms with van der Waals surface area (Å²) in [6, 6.07) is 18.5. The first-order valence-electron chi connectivity index (χ1n) is 7.47. The summed E-state index contributed by atoms with van der Waals surface area (Å²) < 4.78 is 0. The van der Waals surface area contributed by atoms with Crippen LogP contribution in [0, 0.1) is 6.92 Å². The molecule has 1 aromatic heterocycles. The Labute approximate surface area is 139 Å². The Morgan fingerprint density at radius 2 is 1.79 bits per heavy atom. The molecule has 4 nitrogen and oxygen atoms in total. The number of Topliss-reactive ketones (excluding diaryl/α,β-unsaturated/α-hetero) is 1. The van der Waals surface area contributed by atoms with Crippen LogP contribution in [0.5, 0.6) is 0 Å². The summed E-state index contributed by atoms with van der Waals surface area (Å²) in [4.78, 5) is 27.8. The highest BCUT2D eigenvalue weighted by atomic mass is 16.4. The molecule has 118 valence electrons. The fourth-order valence-corrected chi connectivity index (χ4v) is 2.51. The van der Waals surface area contributed by atoms with Crippen molar-refractivity contribution in [3.05, 3.63) is 77.5 Å². The minimum atomic E-state index is -1.50. The van der Waals surface area contributed by atoms with Crippen LogP contribution in [0.2, 0.25) is 0 Å². The van der Waals surface area contributed by atoms with Crippen LogP contribution in [-0.2, 0) is 9.59 Å². The van der Waals surface area contributed by atoms with Crippen molar-refractivity contribution in [1.29, 1.82) is 0 Å². The number of aromatic nitrogens is 1. The highest BCUT2D eigenvalue weighted by Crippen LogP contribution is 2.21. The second-order valence-corrected chi connectivity index (χ2v) is 5.50. The average Bonchev–Trinajstić information content (AvgIpc) is 2.58. The number of carbonyl (C=O) groups is 2. The van der Waals surface area contributed by atoms with Gasteiger partial charge in [0.15, 0.2) is 0 Å². The summed E-state index contributed by atoms with van der Waals surface area (Å²) >= 11 is 0. The van der Waals surface area contributed by atoms with Crippen molar-refractivity contribution in [3.63, 3.8) is 0 Å². The van der Waals surface area contributed by atoms with Crippen molar-refractivity contribution in [2.45, 2.75) is 6.92 Å². The van der Waals surface area contributed by atoms with Gasteiger partial charge in [-0.05, 0) is 30.7 Å². The normalized spacial score (nSPS) is 11.5. The summed E-state index contributed by atoms with van der Waals surface area (Å²) in [6.45, 7) is 1.93. The second kappa shape index (κ2) is 6.46. The highest BCUT2D eigenvalue weighted by molar-refractivity contribution is 6.52. The maximum atomic E-state index is 12.2. The molecule has 4 heteroatoms. The van der Waals surface area contributed by atoms with Crippen LogP contribution < -0.4 is 0 Å². The molecule has 0 aliphatic heterocycles. The van der Waals surface area contributed by atoms with Gasteiger partial charge in [-0.1, -0.05) is 54.1 Å². The second-order valence-electron chi connectivity index (χ2n) is 5.50. The summed E-state index contributed by atoms with van der Waals surface area (Å²) in [5, 5.41) is 10.1. The largest absolute Gasteiger partial charge is 0.475 e. The number of fused-ring (bicyclic) bond motifs is 1. The van der Waals surface area contributed by atoms with Gasteiger partial charge in [0, 0.05) is 5.39 Å². The van der Waals surface area contributed by atoms with Crippen molar-refractivity contribution in [2.75, 3.05) is 0 Å². The first-order chi connectivity index (χ1) is 11.5. The highest BCUT2D eigenvalue weighted by Gasteiger charge is 2.21. The molecular weight excluding hydrogens is 302 g/mol. The zero-order valence-electron chi connectivity index (χ0n) is 13.1. The van der Waals surface area contributed by atoms with Gasteiger partial charge in [-0.3, -0.25) is 4.79 Å². The maximum Gasteiger partial charge on any atom is 0.377 e. The number of aliphatic carboxylic acids is 1. The summed E-state index contributed by atoms with van der Waals surface area (Å²) in [7, 11) is 0. The molecule has 0 saturated carbocycles. The van der Waals surface area contributed by atoms with E-state index < -0.39 is 11.8 Å². The average molecular weight is 317 g/mol. The Hall–Kier alpha value is -3.27. The predicted octanol–water partition coefficient (Wildman–Crippen LogP) is 3.74. The molecule has 0 amide bonds. The standard InChI is InChI=1S/C20H15NO3/c1-13-5-4-6-14(11-13)12-16(19(22)20(23)24)18-10-9-15-7-2-3-8-17(15)21-18/h2-12H,1H3,(H,23,24)/b16-12+. The van der Waals surface area contributed by atoms with Gasteiger partial charge in [0.25, 0.3) is 5.78 Å². The monoisotopic (exact) mass is 317 g/mol. The molecule has 2 aromatic carbocycles. The fraction of sp³-hybridized carbons (Fsp3) is 0.0500. The number of benzene rings is 2. The van der Waals surface area contributed by atoms with Crippen LogP contribution in [0.3, 0.4) is 0 Å². The van der Waals surface area contributed by atoms with E-state index in [9.17, 15) is 9.59 Å². The van der Waals surface area contributed by atoms with E-state index in [0.717, 1.165) is 16.5 Å². The number of nitrogens with zero attached hydrogens (tertiary/aromatic N) is 1. The zero-order chi connectivity index (χ0) is 17.1. The number of rotatable bonds is 4. The molecule has 0 fully saturated rings. The third kappa shape index (κ3) is 3.22. The Balaban J connectivity index is 2.16. The smallest absolute Gasteiger partial charge is 0.377 e. The maximum absolute atomic E-state index is 12.2. The van der Waals surface area contributed by atoms with Gasteiger partial charge >= 0.3 is 5.97 Å². The quantitative estimate of drug-likeness (QED) is 0.588. The molecule has 1 N–H and O–H groups in total. The number of hydrogen-bond acceptors (Lipinski definition) is 3. The van der Waals surface area contributed by atoms with Crippen molar-refractivity contribution >= 4 is 34.3 Å². The van der Waals surface area contributed by atoms with Gasteiger partial charge in [0.2, 0.25) is 0 Å². The van der Waals surface area contributed by atoms with Gasteiger partial charge in [0.1, 0.15) is 0 Å². The number of carbonyl (C=O) groups excluding carboxylic acids is 1. The topological polar surface area (TPSA) is 67.3 Å². The van der Waals surface area contributed by atoms with Crippen molar-refractivity contribution < 1.29 is 14.7 Å². The Kier molecular flexibility index (Phi) is 4.20. The fourth-order valence-electron chi connectivity index (χ4n) is 2.51. The molecule has 0 aliphatic carbocycles.